The largest absolute Gasteiger partial charge is 0.430 e. The first kappa shape index (κ1) is 18.7. The number of nitrogens with zero attached hydrogens (tertiary/aromatic N) is 1. The number of carbonyl (C=O) groups excluding carboxylic acids is 1. The molecule has 4 N–H and O–H groups in total. The van der Waals surface area contributed by atoms with Crippen molar-refractivity contribution in [3.63, 3.8) is 0 Å². The van der Waals surface area contributed by atoms with E-state index in [2.05, 4.69) is 10.5 Å². The van der Waals surface area contributed by atoms with Gasteiger partial charge in [0.05, 0.1) is 5.69 Å². The lowest BCUT2D eigenvalue weighted by atomic mass is 9.92. The van der Waals surface area contributed by atoms with Gasteiger partial charge < -0.3 is 10.8 Å². The Balaban J connectivity index is 3.16. The summed E-state index contributed by atoms with van der Waals surface area (Å²) < 4.78 is 76.0. The second kappa shape index (κ2) is 6.07. The van der Waals surface area contributed by atoms with Crippen molar-refractivity contribution >= 4 is 17.3 Å². The number of anilines is 1. The van der Waals surface area contributed by atoms with E-state index in [9.17, 15) is 36.2 Å². The third kappa shape index (κ3) is 3.73. The van der Waals surface area contributed by atoms with Crippen molar-refractivity contribution in [1.82, 2.24) is 0 Å². The second-order valence-corrected chi connectivity index (χ2v) is 4.46. The SMILES string of the molecule is C/C(=N\Nc1ccc(C(O)(C(F)(F)F)C(F)(F)F)cc1)C(N)=O. The summed E-state index contributed by atoms with van der Waals surface area (Å²) in [5.74, 6) is -0.863. The highest BCUT2D eigenvalue weighted by Gasteiger charge is 2.71. The van der Waals surface area contributed by atoms with E-state index in [1.165, 1.54) is 6.92 Å². The van der Waals surface area contributed by atoms with Crippen LogP contribution in [0.2, 0.25) is 0 Å². The molecule has 0 atom stereocenters. The molecule has 1 amide bonds. The van der Waals surface area contributed by atoms with Gasteiger partial charge in [0, 0.05) is 5.56 Å². The van der Waals surface area contributed by atoms with Gasteiger partial charge in [0.1, 0.15) is 5.71 Å². The van der Waals surface area contributed by atoms with Crippen LogP contribution in [-0.4, -0.2) is 29.1 Å². The van der Waals surface area contributed by atoms with Gasteiger partial charge in [-0.05, 0) is 19.1 Å². The first-order valence-corrected chi connectivity index (χ1v) is 5.87. The Hall–Kier alpha value is -2.30. The molecule has 0 unspecified atom stereocenters. The van der Waals surface area contributed by atoms with Crippen molar-refractivity contribution in [3.05, 3.63) is 29.8 Å². The minimum Gasteiger partial charge on any atom is -0.369 e. The number of nitrogens with two attached hydrogens (primary N) is 1. The second-order valence-electron chi connectivity index (χ2n) is 4.46. The highest BCUT2D eigenvalue weighted by atomic mass is 19.4. The summed E-state index contributed by atoms with van der Waals surface area (Å²) in [5.41, 5.74) is 0.541. The molecule has 1 aromatic carbocycles. The van der Waals surface area contributed by atoms with Gasteiger partial charge >= 0.3 is 12.4 Å². The number of amides is 1. The van der Waals surface area contributed by atoms with E-state index in [-0.39, 0.29) is 11.4 Å². The van der Waals surface area contributed by atoms with Gasteiger partial charge in [0.25, 0.3) is 11.5 Å². The summed E-state index contributed by atoms with van der Waals surface area (Å²) in [6.07, 6.45) is -11.9. The van der Waals surface area contributed by atoms with E-state index in [1.54, 1.807) is 0 Å². The minimum absolute atomic E-state index is 0.0129. The lowest BCUT2D eigenvalue weighted by Crippen LogP contribution is -2.53. The Labute approximate surface area is 125 Å². The minimum atomic E-state index is -5.96. The van der Waals surface area contributed by atoms with E-state index in [0.29, 0.717) is 12.1 Å². The number of alkyl halides is 6. The number of primary amides is 1. The molecular formula is C12H11F6N3O2. The molecule has 0 aliphatic heterocycles. The Bertz CT molecular complexity index is 593. The molecule has 1 aromatic rings. The van der Waals surface area contributed by atoms with Crippen LogP contribution in [0, 0.1) is 0 Å². The van der Waals surface area contributed by atoms with Crippen molar-refractivity contribution in [2.45, 2.75) is 24.9 Å². The smallest absolute Gasteiger partial charge is 0.369 e. The van der Waals surface area contributed by atoms with Crippen LogP contribution >= 0.6 is 0 Å². The van der Waals surface area contributed by atoms with Crippen LogP contribution in [0.1, 0.15) is 12.5 Å². The van der Waals surface area contributed by atoms with E-state index in [0.717, 1.165) is 12.1 Å². The quantitative estimate of drug-likeness (QED) is 0.445. The number of aliphatic hydroxyl groups is 1. The number of hydrazone groups is 1. The number of carbonyl (C=O) groups is 1. The molecule has 0 saturated heterocycles. The van der Waals surface area contributed by atoms with Crippen molar-refractivity contribution in [2.75, 3.05) is 5.43 Å². The fraction of sp³-hybridized carbons (Fsp3) is 0.333. The molecule has 0 saturated carbocycles. The van der Waals surface area contributed by atoms with Gasteiger partial charge in [-0.1, -0.05) is 12.1 Å². The predicted octanol–water partition coefficient (Wildman–Crippen LogP) is 2.27. The van der Waals surface area contributed by atoms with Gasteiger partial charge in [-0.25, -0.2) is 0 Å². The van der Waals surface area contributed by atoms with Gasteiger partial charge in [0.15, 0.2) is 0 Å². The predicted molar refractivity (Wildman–Crippen MR) is 68.4 cm³/mol. The zero-order chi connectivity index (χ0) is 18.1. The van der Waals surface area contributed by atoms with Gasteiger partial charge in [0.2, 0.25) is 0 Å². The van der Waals surface area contributed by atoms with Crippen LogP contribution in [0.4, 0.5) is 32.0 Å². The highest BCUT2D eigenvalue weighted by Crippen LogP contribution is 2.50. The van der Waals surface area contributed by atoms with Crippen LogP contribution in [0.3, 0.4) is 0 Å². The lowest BCUT2D eigenvalue weighted by molar-refractivity contribution is -0.376. The molecule has 128 valence electrons. The zero-order valence-corrected chi connectivity index (χ0v) is 11.5. The number of rotatable bonds is 4. The van der Waals surface area contributed by atoms with Crippen LogP contribution in [-0.2, 0) is 10.4 Å². The molecule has 0 radical (unpaired) electrons. The summed E-state index contributed by atoms with van der Waals surface area (Å²) >= 11 is 0. The van der Waals surface area contributed by atoms with E-state index >= 15 is 0 Å². The lowest BCUT2D eigenvalue weighted by Gasteiger charge is -2.32. The monoisotopic (exact) mass is 343 g/mol. The van der Waals surface area contributed by atoms with Crippen LogP contribution in [0.15, 0.2) is 29.4 Å². The van der Waals surface area contributed by atoms with Crippen molar-refractivity contribution in [1.29, 1.82) is 0 Å². The molecule has 0 spiro atoms. The number of hydrogen-bond donors (Lipinski definition) is 3. The molecule has 0 heterocycles. The molecule has 11 heteroatoms. The van der Waals surface area contributed by atoms with Crippen molar-refractivity contribution in [3.8, 4) is 0 Å². The Morgan fingerprint density at radius 1 is 1.09 bits per heavy atom. The van der Waals surface area contributed by atoms with Gasteiger partial charge in [-0.15, -0.1) is 0 Å². The standard InChI is InChI=1S/C12H11F6N3O2/c1-6(9(19)22)20-21-8-4-2-7(3-5-8)10(23,11(13,14)15)12(16,17)18/h2-5,21,23H,1H3,(H2,19,22)/b20-6+. The maximum atomic E-state index is 12.7. The van der Waals surface area contributed by atoms with Gasteiger partial charge in [-0.3, -0.25) is 10.2 Å². The Morgan fingerprint density at radius 3 is 1.87 bits per heavy atom. The Kier molecular flexibility index (Phi) is 4.94. The zero-order valence-electron chi connectivity index (χ0n) is 11.5. The van der Waals surface area contributed by atoms with E-state index in [4.69, 9.17) is 5.73 Å². The topological polar surface area (TPSA) is 87.7 Å². The summed E-state index contributed by atoms with van der Waals surface area (Å²) in [7, 11) is 0. The molecule has 0 aromatic heterocycles. The summed E-state index contributed by atoms with van der Waals surface area (Å²) in [5, 5.41) is 12.6. The van der Waals surface area contributed by atoms with E-state index < -0.39 is 29.4 Å². The molecule has 0 fully saturated rings. The maximum Gasteiger partial charge on any atom is 0.430 e. The number of nitrogens with one attached hydrogen (secondary N) is 1. The average Bonchev–Trinajstić information content (AvgIpc) is 2.41. The van der Waals surface area contributed by atoms with Crippen LogP contribution in [0.25, 0.3) is 0 Å². The maximum absolute atomic E-state index is 12.7. The number of benzene rings is 1. The molecule has 1 rings (SSSR count). The average molecular weight is 343 g/mol. The van der Waals surface area contributed by atoms with Crippen molar-refractivity contribution < 1.29 is 36.2 Å². The number of halogens is 6. The van der Waals surface area contributed by atoms with Crippen LogP contribution in [0.5, 0.6) is 0 Å². The highest BCUT2D eigenvalue weighted by molar-refractivity contribution is 6.37. The molecule has 0 bridgehead atoms. The Morgan fingerprint density at radius 2 is 1.52 bits per heavy atom. The summed E-state index contributed by atoms with van der Waals surface area (Å²) in [6.45, 7) is 1.25. The normalized spacial score (nSPS) is 13.8. The summed E-state index contributed by atoms with van der Waals surface area (Å²) in [6, 6.07) is 2.54. The number of hydrogen-bond acceptors (Lipinski definition) is 4. The summed E-state index contributed by atoms with van der Waals surface area (Å²) in [4.78, 5) is 10.7. The van der Waals surface area contributed by atoms with Crippen molar-refractivity contribution in [2.24, 2.45) is 10.8 Å². The third-order valence-electron chi connectivity index (χ3n) is 2.83. The van der Waals surface area contributed by atoms with E-state index in [1.807, 2.05) is 0 Å². The molecule has 0 aliphatic rings. The fourth-order valence-electron chi connectivity index (χ4n) is 1.48. The molecular weight excluding hydrogens is 332 g/mol. The first-order chi connectivity index (χ1) is 10.3. The van der Waals surface area contributed by atoms with Gasteiger partial charge in [-0.2, -0.15) is 31.4 Å². The molecule has 23 heavy (non-hydrogen) atoms. The third-order valence-corrected chi connectivity index (χ3v) is 2.83. The molecule has 0 aliphatic carbocycles. The fourth-order valence-corrected chi connectivity index (χ4v) is 1.48. The molecule has 5 nitrogen and oxygen atoms in total. The first-order valence-electron chi connectivity index (χ1n) is 5.87. The van der Waals surface area contributed by atoms with Crippen LogP contribution < -0.4 is 11.2 Å².